The summed E-state index contributed by atoms with van der Waals surface area (Å²) in [4.78, 5) is 8.22. The van der Waals surface area contributed by atoms with E-state index in [2.05, 4.69) is 29.2 Å². The van der Waals surface area contributed by atoms with Crippen LogP contribution in [-0.2, 0) is 13.0 Å². The molecule has 1 saturated heterocycles. The van der Waals surface area contributed by atoms with Gasteiger partial charge in [-0.05, 0) is 32.9 Å². The van der Waals surface area contributed by atoms with Gasteiger partial charge in [0.2, 0.25) is 0 Å². The molecular formula is C12H21N3S. The molecule has 1 atom stereocenters. The molecule has 2 heterocycles. The third kappa shape index (κ3) is 3.27. The molecule has 1 aromatic rings. The zero-order valence-corrected chi connectivity index (χ0v) is 11.0. The van der Waals surface area contributed by atoms with Crippen molar-refractivity contribution >= 4 is 11.3 Å². The number of likely N-dealkylation sites (tertiary alicyclic amines) is 1. The van der Waals surface area contributed by atoms with Gasteiger partial charge in [0, 0.05) is 30.2 Å². The Morgan fingerprint density at radius 1 is 1.62 bits per heavy atom. The van der Waals surface area contributed by atoms with E-state index in [9.17, 15) is 0 Å². The van der Waals surface area contributed by atoms with Crippen LogP contribution in [0.2, 0.25) is 0 Å². The van der Waals surface area contributed by atoms with Crippen molar-refractivity contribution in [3.63, 3.8) is 0 Å². The minimum absolute atomic E-state index is 0.646. The Morgan fingerprint density at radius 3 is 3.19 bits per heavy atom. The average Bonchev–Trinajstić information content (AvgIpc) is 2.74. The second kappa shape index (κ2) is 5.75. The van der Waals surface area contributed by atoms with Crippen LogP contribution in [0.4, 0.5) is 0 Å². The predicted octanol–water partition coefficient (Wildman–Crippen LogP) is 1.89. The van der Waals surface area contributed by atoms with Crippen LogP contribution in [0.3, 0.4) is 0 Å². The number of likely N-dealkylation sites (N-methyl/N-ethyl adjacent to an activating group) is 1. The lowest BCUT2D eigenvalue weighted by molar-refractivity contribution is 0.226. The third-order valence-corrected chi connectivity index (χ3v) is 4.26. The van der Waals surface area contributed by atoms with Crippen LogP contribution in [-0.4, -0.2) is 36.1 Å². The summed E-state index contributed by atoms with van der Waals surface area (Å²) in [6, 6.07) is 0.646. The molecule has 0 aromatic carbocycles. The molecule has 1 aromatic heterocycles. The van der Waals surface area contributed by atoms with Gasteiger partial charge in [0.25, 0.3) is 0 Å². The smallest absolute Gasteiger partial charge is 0.107 e. The number of nitrogens with zero attached hydrogens (tertiary/aromatic N) is 2. The van der Waals surface area contributed by atoms with Crippen molar-refractivity contribution in [1.82, 2.24) is 15.2 Å². The first-order chi connectivity index (χ1) is 7.78. The van der Waals surface area contributed by atoms with E-state index in [0.717, 1.165) is 13.0 Å². The lowest BCUT2D eigenvalue weighted by Crippen LogP contribution is -2.43. The van der Waals surface area contributed by atoms with E-state index in [1.165, 1.54) is 35.8 Å². The van der Waals surface area contributed by atoms with Crippen LogP contribution in [0.5, 0.6) is 0 Å². The van der Waals surface area contributed by atoms with Crippen LogP contribution < -0.4 is 5.32 Å². The Kier molecular flexibility index (Phi) is 4.32. The van der Waals surface area contributed by atoms with Gasteiger partial charge in [-0.1, -0.05) is 6.92 Å². The number of piperidine rings is 1. The highest BCUT2D eigenvalue weighted by molar-refractivity contribution is 7.11. The van der Waals surface area contributed by atoms with Crippen molar-refractivity contribution in [2.75, 3.05) is 20.1 Å². The number of thiazole rings is 1. The molecule has 0 amide bonds. The van der Waals surface area contributed by atoms with E-state index < -0.39 is 0 Å². The molecule has 0 saturated carbocycles. The van der Waals surface area contributed by atoms with E-state index in [-0.39, 0.29) is 0 Å². The fourth-order valence-corrected chi connectivity index (χ4v) is 2.97. The van der Waals surface area contributed by atoms with E-state index in [0.29, 0.717) is 6.04 Å². The summed E-state index contributed by atoms with van der Waals surface area (Å²) in [7, 11) is 2.20. The maximum absolute atomic E-state index is 4.43. The highest BCUT2D eigenvalue weighted by Crippen LogP contribution is 2.14. The first kappa shape index (κ1) is 12.0. The summed E-state index contributed by atoms with van der Waals surface area (Å²) < 4.78 is 0. The fourth-order valence-electron chi connectivity index (χ4n) is 2.16. The van der Waals surface area contributed by atoms with Crippen molar-refractivity contribution in [3.05, 3.63) is 16.1 Å². The molecule has 1 fully saturated rings. The zero-order chi connectivity index (χ0) is 11.4. The number of nitrogens with one attached hydrogen (secondary N) is 1. The molecular weight excluding hydrogens is 218 g/mol. The molecule has 0 spiro atoms. The molecule has 3 nitrogen and oxygen atoms in total. The van der Waals surface area contributed by atoms with Gasteiger partial charge < -0.3 is 10.2 Å². The first-order valence-electron chi connectivity index (χ1n) is 6.13. The molecule has 1 N–H and O–H groups in total. The summed E-state index contributed by atoms with van der Waals surface area (Å²) in [5.41, 5.74) is 0. The van der Waals surface area contributed by atoms with Gasteiger partial charge in [-0.2, -0.15) is 0 Å². The fraction of sp³-hybridized carbons (Fsp3) is 0.750. The van der Waals surface area contributed by atoms with Crippen LogP contribution in [0.15, 0.2) is 6.20 Å². The number of aryl methyl sites for hydroxylation is 1. The van der Waals surface area contributed by atoms with E-state index in [1.807, 2.05) is 17.5 Å². The number of aromatic nitrogens is 1. The Balaban J connectivity index is 1.78. The molecule has 0 radical (unpaired) electrons. The molecule has 0 bridgehead atoms. The lowest BCUT2D eigenvalue weighted by atomic mass is 10.1. The van der Waals surface area contributed by atoms with Crippen molar-refractivity contribution in [2.45, 2.75) is 38.8 Å². The summed E-state index contributed by atoms with van der Waals surface area (Å²) in [5, 5.41) is 4.84. The summed E-state index contributed by atoms with van der Waals surface area (Å²) in [5.74, 6) is 0. The van der Waals surface area contributed by atoms with Crippen molar-refractivity contribution in [3.8, 4) is 0 Å². The van der Waals surface area contributed by atoms with Gasteiger partial charge in [-0.15, -0.1) is 11.3 Å². The standard InChI is InChI=1S/C12H21N3S/c1-3-11-7-14-12(16-11)8-13-10-5-4-6-15(2)9-10/h7,10,13H,3-6,8-9H2,1-2H3. The van der Waals surface area contributed by atoms with Gasteiger partial charge in [0.15, 0.2) is 0 Å². The van der Waals surface area contributed by atoms with Crippen molar-refractivity contribution in [1.29, 1.82) is 0 Å². The third-order valence-electron chi connectivity index (χ3n) is 3.12. The second-order valence-electron chi connectivity index (χ2n) is 4.56. The molecule has 0 aliphatic carbocycles. The Labute approximate surface area is 102 Å². The Morgan fingerprint density at radius 2 is 2.50 bits per heavy atom. The average molecular weight is 239 g/mol. The molecule has 1 aliphatic heterocycles. The monoisotopic (exact) mass is 239 g/mol. The maximum atomic E-state index is 4.43. The number of rotatable bonds is 4. The van der Waals surface area contributed by atoms with Crippen LogP contribution >= 0.6 is 11.3 Å². The lowest BCUT2D eigenvalue weighted by Gasteiger charge is -2.30. The van der Waals surface area contributed by atoms with Gasteiger partial charge >= 0.3 is 0 Å². The highest BCUT2D eigenvalue weighted by atomic mass is 32.1. The largest absolute Gasteiger partial charge is 0.306 e. The molecule has 16 heavy (non-hydrogen) atoms. The Bertz CT molecular complexity index is 324. The van der Waals surface area contributed by atoms with E-state index >= 15 is 0 Å². The second-order valence-corrected chi connectivity index (χ2v) is 5.76. The highest BCUT2D eigenvalue weighted by Gasteiger charge is 2.16. The number of hydrogen-bond acceptors (Lipinski definition) is 4. The normalized spacial score (nSPS) is 22.5. The van der Waals surface area contributed by atoms with Crippen LogP contribution in [0, 0.1) is 0 Å². The van der Waals surface area contributed by atoms with Crippen molar-refractivity contribution in [2.24, 2.45) is 0 Å². The maximum Gasteiger partial charge on any atom is 0.107 e. The molecule has 1 unspecified atom stereocenters. The minimum Gasteiger partial charge on any atom is -0.306 e. The summed E-state index contributed by atoms with van der Waals surface area (Å²) in [6.45, 7) is 5.53. The first-order valence-corrected chi connectivity index (χ1v) is 6.95. The van der Waals surface area contributed by atoms with Crippen LogP contribution in [0.1, 0.15) is 29.7 Å². The SMILES string of the molecule is CCc1cnc(CNC2CCCN(C)C2)s1. The molecule has 4 heteroatoms. The van der Waals surface area contributed by atoms with Gasteiger partial charge in [-0.3, -0.25) is 0 Å². The quantitative estimate of drug-likeness (QED) is 0.869. The van der Waals surface area contributed by atoms with Gasteiger partial charge in [-0.25, -0.2) is 4.98 Å². The van der Waals surface area contributed by atoms with Crippen LogP contribution in [0.25, 0.3) is 0 Å². The molecule has 2 rings (SSSR count). The minimum atomic E-state index is 0.646. The van der Waals surface area contributed by atoms with E-state index in [1.54, 1.807) is 0 Å². The summed E-state index contributed by atoms with van der Waals surface area (Å²) in [6.07, 6.45) is 5.72. The Hall–Kier alpha value is -0.450. The predicted molar refractivity (Wildman–Crippen MR) is 68.9 cm³/mol. The van der Waals surface area contributed by atoms with Crippen molar-refractivity contribution < 1.29 is 0 Å². The van der Waals surface area contributed by atoms with E-state index in [4.69, 9.17) is 0 Å². The topological polar surface area (TPSA) is 28.2 Å². The van der Waals surface area contributed by atoms with Gasteiger partial charge in [0.1, 0.15) is 5.01 Å². The molecule has 90 valence electrons. The van der Waals surface area contributed by atoms with Gasteiger partial charge in [0.05, 0.1) is 0 Å². The summed E-state index contributed by atoms with van der Waals surface area (Å²) >= 11 is 1.84. The number of hydrogen-bond donors (Lipinski definition) is 1. The zero-order valence-electron chi connectivity index (χ0n) is 10.2. The molecule has 1 aliphatic rings.